The summed E-state index contributed by atoms with van der Waals surface area (Å²) in [5.41, 5.74) is -0.686. The molecule has 21 heavy (non-hydrogen) atoms. The third-order valence-corrected chi connectivity index (χ3v) is 5.30. The molecule has 1 amide bonds. The van der Waals surface area contributed by atoms with Gasteiger partial charge in [-0.3, -0.25) is 0 Å². The molecular formula is C15H24BNO4. The molecule has 1 spiro atoms. The van der Waals surface area contributed by atoms with E-state index in [0.29, 0.717) is 0 Å². The molecule has 0 aromatic heterocycles. The van der Waals surface area contributed by atoms with Gasteiger partial charge in [-0.15, -0.1) is 0 Å². The largest absolute Gasteiger partial charge is 0.717 e. The van der Waals surface area contributed by atoms with Crippen LogP contribution < -0.4 is 0 Å². The Bertz CT molecular complexity index is 452. The predicted octanol–water partition coefficient (Wildman–Crippen LogP) is 2.75. The minimum Gasteiger partial charge on any atom is -0.468 e. The van der Waals surface area contributed by atoms with E-state index in [-0.39, 0.29) is 11.5 Å². The molecule has 0 N–H and O–H groups in total. The lowest BCUT2D eigenvalue weighted by atomic mass is 9.71. The fourth-order valence-electron chi connectivity index (χ4n) is 3.12. The summed E-state index contributed by atoms with van der Waals surface area (Å²) in [6.45, 7) is 9.30. The van der Waals surface area contributed by atoms with Crippen molar-refractivity contribution >= 4 is 13.4 Å². The number of carbonyl (C=O) groups is 1. The summed E-state index contributed by atoms with van der Waals surface area (Å²) >= 11 is 0. The number of carbonyl (C=O) groups excluding carboxylic acids is 1. The van der Waals surface area contributed by atoms with Gasteiger partial charge in [0.2, 0.25) is 0 Å². The van der Waals surface area contributed by atoms with Crippen molar-refractivity contribution in [1.29, 1.82) is 0 Å². The Morgan fingerprint density at radius 2 is 1.76 bits per heavy atom. The minimum absolute atomic E-state index is 0.281. The van der Waals surface area contributed by atoms with Crippen LogP contribution in [0.4, 0.5) is 4.79 Å². The first kappa shape index (κ1) is 14.9. The normalized spacial score (nSPS) is 28.6. The average molecular weight is 293 g/mol. The maximum atomic E-state index is 12.2. The summed E-state index contributed by atoms with van der Waals surface area (Å²) in [7, 11) is -0.912. The van der Waals surface area contributed by atoms with E-state index >= 15 is 0 Å². The highest BCUT2D eigenvalue weighted by Crippen LogP contribution is 2.42. The van der Waals surface area contributed by atoms with Gasteiger partial charge in [0.1, 0.15) is 0 Å². The molecule has 2 fully saturated rings. The molecule has 6 heteroatoms. The fraction of sp³-hybridized carbons (Fsp3) is 0.800. The van der Waals surface area contributed by atoms with Crippen LogP contribution in [0.15, 0.2) is 12.2 Å². The SMILES string of the molecule is CC1(C)OB(OC(=O)N2CC3(CC=CCC3)C2)OC1(C)C. The van der Waals surface area contributed by atoms with Crippen LogP contribution in [0.5, 0.6) is 0 Å². The van der Waals surface area contributed by atoms with Gasteiger partial charge in [0, 0.05) is 18.5 Å². The summed E-state index contributed by atoms with van der Waals surface area (Å²) in [4.78, 5) is 13.9. The first-order valence-corrected chi connectivity index (χ1v) is 7.69. The second kappa shape index (κ2) is 4.75. The number of rotatable bonds is 1. The van der Waals surface area contributed by atoms with Crippen LogP contribution in [-0.4, -0.2) is 42.6 Å². The number of nitrogens with zero attached hydrogens (tertiary/aromatic N) is 1. The van der Waals surface area contributed by atoms with Crippen molar-refractivity contribution in [2.45, 2.75) is 58.2 Å². The number of likely N-dealkylation sites (tertiary alicyclic amines) is 1. The summed E-state index contributed by atoms with van der Waals surface area (Å²) in [5, 5.41) is 0. The first-order chi connectivity index (χ1) is 9.73. The van der Waals surface area contributed by atoms with Crippen molar-refractivity contribution in [3.63, 3.8) is 0 Å². The van der Waals surface area contributed by atoms with Gasteiger partial charge in [-0.25, -0.2) is 4.79 Å². The molecule has 0 unspecified atom stereocenters. The number of hydrogen-bond donors (Lipinski definition) is 0. The zero-order chi connectivity index (χ0) is 15.3. The monoisotopic (exact) mass is 293 g/mol. The molecule has 2 saturated heterocycles. The van der Waals surface area contributed by atoms with Gasteiger partial charge < -0.3 is 18.9 Å². The molecule has 5 nitrogen and oxygen atoms in total. The van der Waals surface area contributed by atoms with Crippen LogP contribution in [0.2, 0.25) is 0 Å². The van der Waals surface area contributed by atoms with Crippen LogP contribution in [0, 0.1) is 5.41 Å². The van der Waals surface area contributed by atoms with E-state index in [1.54, 1.807) is 4.90 Å². The van der Waals surface area contributed by atoms with E-state index in [9.17, 15) is 4.79 Å². The van der Waals surface area contributed by atoms with Crippen LogP contribution in [0.1, 0.15) is 47.0 Å². The van der Waals surface area contributed by atoms with Gasteiger partial charge in [0.25, 0.3) is 0 Å². The quantitative estimate of drug-likeness (QED) is 0.551. The van der Waals surface area contributed by atoms with Crippen molar-refractivity contribution in [3.8, 4) is 0 Å². The van der Waals surface area contributed by atoms with Gasteiger partial charge >= 0.3 is 13.4 Å². The van der Waals surface area contributed by atoms with E-state index < -0.39 is 18.5 Å². The third-order valence-electron chi connectivity index (χ3n) is 5.30. The second-order valence-electron chi connectivity index (χ2n) is 7.50. The van der Waals surface area contributed by atoms with E-state index in [4.69, 9.17) is 14.0 Å². The molecule has 0 aromatic carbocycles. The number of allylic oxidation sites excluding steroid dienone is 2. The molecule has 3 aliphatic rings. The summed E-state index contributed by atoms with van der Waals surface area (Å²) in [5.74, 6) is 0. The van der Waals surface area contributed by atoms with E-state index in [1.165, 1.54) is 0 Å². The van der Waals surface area contributed by atoms with Crippen molar-refractivity contribution in [2.24, 2.45) is 5.41 Å². The maximum absolute atomic E-state index is 12.2. The van der Waals surface area contributed by atoms with Crippen LogP contribution in [0.25, 0.3) is 0 Å². The van der Waals surface area contributed by atoms with Crippen molar-refractivity contribution in [2.75, 3.05) is 13.1 Å². The Kier molecular flexibility index (Phi) is 3.37. The second-order valence-corrected chi connectivity index (χ2v) is 7.50. The smallest absolute Gasteiger partial charge is 0.468 e. The van der Waals surface area contributed by atoms with E-state index in [1.807, 2.05) is 27.7 Å². The lowest BCUT2D eigenvalue weighted by Gasteiger charge is -2.50. The highest BCUT2D eigenvalue weighted by molar-refractivity contribution is 6.40. The van der Waals surface area contributed by atoms with Gasteiger partial charge in [-0.2, -0.15) is 0 Å². The molecule has 0 aromatic rings. The Morgan fingerprint density at radius 1 is 1.14 bits per heavy atom. The fourth-order valence-corrected chi connectivity index (χ4v) is 3.12. The predicted molar refractivity (Wildman–Crippen MR) is 79.6 cm³/mol. The summed E-state index contributed by atoms with van der Waals surface area (Å²) in [6.07, 6.45) is 7.43. The van der Waals surface area contributed by atoms with Crippen LogP contribution >= 0.6 is 0 Å². The molecular weight excluding hydrogens is 269 g/mol. The lowest BCUT2D eigenvalue weighted by molar-refractivity contribution is 0.000464. The molecule has 0 bridgehead atoms. The van der Waals surface area contributed by atoms with Crippen LogP contribution in [0.3, 0.4) is 0 Å². The number of hydrogen-bond acceptors (Lipinski definition) is 4. The zero-order valence-electron chi connectivity index (χ0n) is 13.3. The standard InChI is InChI=1S/C15H24BNO4/c1-13(2)14(3,4)21-16(20-13)19-12(18)17-10-15(11-17)8-6-5-7-9-15/h5-6H,7-11H2,1-4H3. The summed E-state index contributed by atoms with van der Waals surface area (Å²) in [6, 6.07) is 0. The topological polar surface area (TPSA) is 48.0 Å². The average Bonchev–Trinajstić information content (AvgIpc) is 2.55. The Morgan fingerprint density at radius 3 is 2.29 bits per heavy atom. The summed E-state index contributed by atoms with van der Waals surface area (Å²) < 4.78 is 16.7. The Balaban J connectivity index is 1.52. The highest BCUT2D eigenvalue weighted by atomic mass is 16.8. The van der Waals surface area contributed by atoms with E-state index in [2.05, 4.69) is 12.2 Å². The molecule has 2 heterocycles. The van der Waals surface area contributed by atoms with Gasteiger partial charge in [0.15, 0.2) is 0 Å². The highest BCUT2D eigenvalue weighted by Gasteiger charge is 2.56. The third kappa shape index (κ3) is 2.59. The first-order valence-electron chi connectivity index (χ1n) is 7.69. The van der Waals surface area contributed by atoms with Gasteiger partial charge in [-0.1, -0.05) is 12.2 Å². The van der Waals surface area contributed by atoms with Crippen molar-refractivity contribution < 1.29 is 18.8 Å². The molecule has 0 saturated carbocycles. The molecule has 3 rings (SSSR count). The lowest BCUT2D eigenvalue weighted by Crippen LogP contribution is -2.59. The van der Waals surface area contributed by atoms with Gasteiger partial charge in [0.05, 0.1) is 11.2 Å². The zero-order valence-corrected chi connectivity index (χ0v) is 13.3. The minimum atomic E-state index is -0.912. The number of amides is 1. The Hall–Kier alpha value is -1.01. The molecule has 2 aliphatic heterocycles. The van der Waals surface area contributed by atoms with Crippen LogP contribution in [-0.2, 0) is 14.0 Å². The molecule has 0 radical (unpaired) electrons. The molecule has 0 atom stereocenters. The maximum Gasteiger partial charge on any atom is 0.717 e. The van der Waals surface area contributed by atoms with Gasteiger partial charge in [-0.05, 0) is 47.0 Å². The molecule has 116 valence electrons. The van der Waals surface area contributed by atoms with Crippen molar-refractivity contribution in [3.05, 3.63) is 12.2 Å². The van der Waals surface area contributed by atoms with E-state index in [0.717, 1.165) is 32.4 Å². The Labute approximate surface area is 126 Å². The van der Waals surface area contributed by atoms with Crippen molar-refractivity contribution in [1.82, 2.24) is 4.90 Å². The molecule has 1 aliphatic carbocycles.